The quantitative estimate of drug-likeness (QED) is 0.927. The van der Waals surface area contributed by atoms with Crippen molar-refractivity contribution in [1.82, 2.24) is 4.98 Å². The second-order valence-electron chi connectivity index (χ2n) is 4.19. The van der Waals surface area contributed by atoms with Crippen molar-refractivity contribution in [3.63, 3.8) is 0 Å². The Kier molecular flexibility index (Phi) is 3.47. The van der Waals surface area contributed by atoms with Crippen molar-refractivity contribution in [1.29, 1.82) is 0 Å². The topological polar surface area (TPSA) is 43.4 Å². The molecular weight excluding hydrogens is 272 g/mol. The maximum absolute atomic E-state index is 5.69. The molecule has 0 aliphatic carbocycles. The zero-order valence-electron chi connectivity index (χ0n) is 9.37. The lowest BCUT2D eigenvalue weighted by Crippen LogP contribution is -2.26. The third-order valence-corrected chi connectivity index (χ3v) is 2.99. The van der Waals surface area contributed by atoms with E-state index in [9.17, 15) is 0 Å². The highest BCUT2D eigenvalue weighted by Crippen LogP contribution is 2.24. The molecule has 1 N–H and O–H groups in total. The van der Waals surface area contributed by atoms with Crippen LogP contribution >= 0.6 is 15.9 Å². The first-order chi connectivity index (χ1) is 7.57. The van der Waals surface area contributed by atoms with Gasteiger partial charge in [0.1, 0.15) is 6.10 Å². The molecule has 1 saturated heterocycles. The van der Waals surface area contributed by atoms with Crippen molar-refractivity contribution in [2.24, 2.45) is 0 Å². The number of hydrogen-bond acceptors (Lipinski definition) is 4. The van der Waals surface area contributed by atoms with Crippen molar-refractivity contribution in [2.45, 2.75) is 25.7 Å². The van der Waals surface area contributed by atoms with Gasteiger partial charge in [-0.3, -0.25) is 4.98 Å². The second-order valence-corrected chi connectivity index (χ2v) is 5.04. The number of pyridine rings is 1. The van der Waals surface area contributed by atoms with E-state index in [1.807, 2.05) is 19.9 Å². The van der Waals surface area contributed by atoms with Gasteiger partial charge in [0, 0.05) is 18.9 Å². The van der Waals surface area contributed by atoms with Gasteiger partial charge < -0.3 is 14.8 Å². The summed E-state index contributed by atoms with van der Waals surface area (Å²) in [5, 5.41) is 3.30. The van der Waals surface area contributed by atoms with Crippen LogP contribution in [0.5, 0.6) is 0 Å². The van der Waals surface area contributed by atoms with Crippen LogP contribution in [0.25, 0.3) is 0 Å². The Labute approximate surface area is 103 Å². The molecule has 16 heavy (non-hydrogen) atoms. The molecule has 2 rings (SSSR count). The summed E-state index contributed by atoms with van der Waals surface area (Å²) in [7, 11) is 0. The maximum atomic E-state index is 5.69. The average Bonchev–Trinajstić information content (AvgIpc) is 2.57. The fourth-order valence-electron chi connectivity index (χ4n) is 1.61. The van der Waals surface area contributed by atoms with Gasteiger partial charge in [-0.1, -0.05) is 0 Å². The summed E-state index contributed by atoms with van der Waals surface area (Å²) in [6.45, 7) is 5.21. The van der Waals surface area contributed by atoms with Crippen LogP contribution in [0.3, 0.4) is 0 Å². The van der Waals surface area contributed by atoms with Crippen LogP contribution in [-0.4, -0.2) is 30.0 Å². The van der Waals surface area contributed by atoms with Crippen LogP contribution in [0.4, 0.5) is 5.69 Å². The molecule has 0 saturated carbocycles. The summed E-state index contributed by atoms with van der Waals surface area (Å²) in [6.07, 6.45) is 3.61. The monoisotopic (exact) mass is 286 g/mol. The molecular formula is C11H15BrN2O2. The highest BCUT2D eigenvalue weighted by Gasteiger charge is 2.32. The number of halogens is 1. The Morgan fingerprint density at radius 2 is 2.44 bits per heavy atom. The Balaban J connectivity index is 1.87. The smallest absolute Gasteiger partial charge is 0.163 e. The van der Waals surface area contributed by atoms with E-state index in [0.29, 0.717) is 6.61 Å². The maximum Gasteiger partial charge on any atom is 0.163 e. The van der Waals surface area contributed by atoms with Crippen molar-refractivity contribution in [3.05, 3.63) is 22.9 Å². The molecule has 0 aromatic carbocycles. The molecule has 1 aromatic heterocycles. The van der Waals surface area contributed by atoms with E-state index >= 15 is 0 Å². The van der Waals surface area contributed by atoms with Gasteiger partial charge in [0.15, 0.2) is 5.79 Å². The van der Waals surface area contributed by atoms with Gasteiger partial charge in [-0.05, 0) is 35.8 Å². The van der Waals surface area contributed by atoms with Gasteiger partial charge in [0.05, 0.1) is 16.8 Å². The number of nitrogens with zero attached hydrogens (tertiary/aromatic N) is 1. The zero-order chi connectivity index (χ0) is 11.6. The van der Waals surface area contributed by atoms with Crippen molar-refractivity contribution >= 4 is 21.6 Å². The molecule has 0 spiro atoms. The van der Waals surface area contributed by atoms with Crippen molar-refractivity contribution in [2.75, 3.05) is 18.5 Å². The molecule has 0 bridgehead atoms. The van der Waals surface area contributed by atoms with E-state index in [0.717, 1.165) is 16.7 Å². The minimum absolute atomic E-state index is 0.0927. The fourth-order valence-corrected chi connectivity index (χ4v) is 2.00. The van der Waals surface area contributed by atoms with Crippen molar-refractivity contribution < 1.29 is 9.47 Å². The Hall–Kier alpha value is -0.650. The summed E-state index contributed by atoms with van der Waals surface area (Å²) in [5.41, 5.74) is 1.02. The molecule has 0 amide bonds. The van der Waals surface area contributed by atoms with Crippen LogP contribution in [-0.2, 0) is 9.47 Å². The predicted molar refractivity (Wildman–Crippen MR) is 65.3 cm³/mol. The van der Waals surface area contributed by atoms with Gasteiger partial charge in [-0.25, -0.2) is 0 Å². The van der Waals surface area contributed by atoms with E-state index in [2.05, 4.69) is 26.2 Å². The van der Waals surface area contributed by atoms with Crippen LogP contribution in [0.1, 0.15) is 13.8 Å². The number of ether oxygens (including phenoxy) is 2. The summed E-state index contributed by atoms with van der Waals surface area (Å²) in [4.78, 5) is 4.00. The molecule has 1 unspecified atom stereocenters. The number of anilines is 1. The summed E-state index contributed by atoms with van der Waals surface area (Å²) < 4.78 is 12.1. The molecule has 5 heteroatoms. The van der Waals surface area contributed by atoms with Gasteiger partial charge in [-0.15, -0.1) is 0 Å². The summed E-state index contributed by atoms with van der Waals surface area (Å²) >= 11 is 3.43. The van der Waals surface area contributed by atoms with Crippen molar-refractivity contribution in [3.8, 4) is 0 Å². The minimum atomic E-state index is -0.457. The number of aromatic nitrogens is 1. The Morgan fingerprint density at radius 1 is 1.62 bits per heavy atom. The highest BCUT2D eigenvalue weighted by atomic mass is 79.9. The largest absolute Gasteiger partial charge is 0.381 e. The molecule has 1 fully saturated rings. The third kappa shape index (κ3) is 2.93. The van der Waals surface area contributed by atoms with Crippen LogP contribution in [0, 0.1) is 0 Å². The minimum Gasteiger partial charge on any atom is -0.381 e. The highest BCUT2D eigenvalue weighted by molar-refractivity contribution is 9.10. The van der Waals surface area contributed by atoms with Gasteiger partial charge >= 0.3 is 0 Å². The van der Waals surface area contributed by atoms with Crippen LogP contribution < -0.4 is 5.32 Å². The molecule has 1 aliphatic heterocycles. The predicted octanol–water partition coefficient (Wildman–Crippen LogP) is 2.41. The zero-order valence-corrected chi connectivity index (χ0v) is 11.0. The average molecular weight is 287 g/mol. The van der Waals surface area contributed by atoms with Gasteiger partial charge in [0.25, 0.3) is 0 Å². The molecule has 4 nitrogen and oxygen atoms in total. The van der Waals surface area contributed by atoms with E-state index < -0.39 is 5.79 Å². The number of rotatable bonds is 3. The molecule has 1 aromatic rings. The third-order valence-electron chi connectivity index (χ3n) is 2.36. The lowest BCUT2D eigenvalue weighted by atomic mass is 10.3. The second kappa shape index (κ2) is 4.69. The molecule has 1 atom stereocenters. The fraction of sp³-hybridized carbons (Fsp3) is 0.545. The molecule has 0 radical (unpaired) electrons. The normalized spacial score (nSPS) is 23.3. The molecule has 88 valence electrons. The first-order valence-corrected chi connectivity index (χ1v) is 6.01. The summed E-state index contributed by atoms with van der Waals surface area (Å²) in [6, 6.07) is 1.92. The lowest BCUT2D eigenvalue weighted by molar-refractivity contribution is -0.136. The Bertz CT molecular complexity index is 371. The Morgan fingerprint density at radius 3 is 3.06 bits per heavy atom. The van der Waals surface area contributed by atoms with E-state index in [-0.39, 0.29) is 6.10 Å². The first-order valence-electron chi connectivity index (χ1n) is 5.22. The molecule has 2 heterocycles. The lowest BCUT2D eigenvalue weighted by Gasteiger charge is -2.17. The van der Waals surface area contributed by atoms with E-state index in [1.165, 1.54) is 0 Å². The SMILES string of the molecule is CC1(C)OCC(CNc2ccncc2Br)O1. The summed E-state index contributed by atoms with van der Waals surface area (Å²) in [5.74, 6) is -0.457. The van der Waals surface area contributed by atoms with E-state index in [1.54, 1.807) is 12.4 Å². The van der Waals surface area contributed by atoms with Gasteiger partial charge in [-0.2, -0.15) is 0 Å². The molecule has 1 aliphatic rings. The number of nitrogens with one attached hydrogen (secondary N) is 1. The first kappa shape index (κ1) is 11.8. The van der Waals surface area contributed by atoms with E-state index in [4.69, 9.17) is 9.47 Å². The van der Waals surface area contributed by atoms with Crippen LogP contribution in [0.15, 0.2) is 22.9 Å². The number of hydrogen-bond donors (Lipinski definition) is 1. The van der Waals surface area contributed by atoms with Gasteiger partial charge in [0.2, 0.25) is 0 Å². The standard InChI is InChI=1S/C11H15BrN2O2/c1-11(2)15-7-8(16-11)5-14-10-3-4-13-6-9(10)12/h3-4,6,8H,5,7H2,1-2H3,(H,13,14). The van der Waals surface area contributed by atoms with Crippen LogP contribution in [0.2, 0.25) is 0 Å².